The van der Waals surface area contributed by atoms with Gasteiger partial charge in [-0.1, -0.05) is 48.5 Å². The molecule has 0 saturated carbocycles. The lowest BCUT2D eigenvalue weighted by Gasteiger charge is -2.17. The number of hydrogen-bond donors (Lipinski definition) is 1. The van der Waals surface area contributed by atoms with E-state index in [-0.39, 0.29) is 0 Å². The molecule has 2 aromatic carbocycles. The average Bonchev–Trinajstić information content (AvgIpc) is 2.55. The first-order valence-electron chi connectivity index (χ1n) is 7.40. The number of benzene rings is 2. The van der Waals surface area contributed by atoms with Crippen LogP contribution in [0.1, 0.15) is 11.1 Å². The van der Waals surface area contributed by atoms with E-state index in [9.17, 15) is 0 Å². The van der Waals surface area contributed by atoms with Gasteiger partial charge in [0.15, 0.2) is 0 Å². The summed E-state index contributed by atoms with van der Waals surface area (Å²) >= 11 is 0. The zero-order chi connectivity index (χ0) is 14.5. The van der Waals surface area contributed by atoms with Crippen LogP contribution in [-0.2, 0) is 12.8 Å². The molecule has 0 aliphatic heterocycles. The van der Waals surface area contributed by atoms with E-state index in [0.717, 1.165) is 18.4 Å². The number of fused-ring (bicyclic) bond motifs is 1. The second kappa shape index (κ2) is 6.51. The second-order valence-corrected chi connectivity index (χ2v) is 5.37. The van der Waals surface area contributed by atoms with Crippen LogP contribution in [0.25, 0.3) is 10.9 Å². The number of aromatic nitrogens is 1. The van der Waals surface area contributed by atoms with Crippen LogP contribution in [0.15, 0.2) is 66.9 Å². The molecule has 106 valence electrons. The summed E-state index contributed by atoms with van der Waals surface area (Å²) in [5.41, 5.74) is 3.80. The molecule has 1 heterocycles. The van der Waals surface area contributed by atoms with Crippen molar-refractivity contribution in [2.45, 2.75) is 18.9 Å². The largest absolute Gasteiger partial charge is 0.316 e. The Bertz CT molecular complexity index is 702. The van der Waals surface area contributed by atoms with Gasteiger partial charge in [0.05, 0.1) is 5.52 Å². The Hall–Kier alpha value is -2.19. The molecule has 0 radical (unpaired) electrons. The quantitative estimate of drug-likeness (QED) is 0.770. The molecular formula is C19H20N2. The van der Waals surface area contributed by atoms with Gasteiger partial charge in [0.1, 0.15) is 0 Å². The molecule has 3 rings (SSSR count). The number of nitrogens with zero attached hydrogens (tertiary/aromatic N) is 1. The number of pyridine rings is 1. The van der Waals surface area contributed by atoms with Crippen LogP contribution >= 0.6 is 0 Å². The Morgan fingerprint density at radius 3 is 2.48 bits per heavy atom. The molecule has 0 bridgehead atoms. The highest BCUT2D eigenvalue weighted by Crippen LogP contribution is 2.18. The van der Waals surface area contributed by atoms with Crippen molar-refractivity contribution in [2.24, 2.45) is 0 Å². The first-order chi connectivity index (χ1) is 10.4. The minimum absolute atomic E-state index is 0.429. The first kappa shape index (κ1) is 13.8. The molecule has 0 spiro atoms. The van der Waals surface area contributed by atoms with Crippen LogP contribution in [0.3, 0.4) is 0 Å². The van der Waals surface area contributed by atoms with E-state index in [1.165, 1.54) is 16.5 Å². The second-order valence-electron chi connectivity index (χ2n) is 5.37. The maximum Gasteiger partial charge on any atom is 0.0704 e. The lowest BCUT2D eigenvalue weighted by atomic mass is 9.97. The van der Waals surface area contributed by atoms with E-state index in [0.29, 0.717) is 6.04 Å². The Balaban J connectivity index is 1.82. The number of rotatable bonds is 5. The highest BCUT2D eigenvalue weighted by Gasteiger charge is 2.10. The van der Waals surface area contributed by atoms with Gasteiger partial charge < -0.3 is 5.32 Å². The van der Waals surface area contributed by atoms with Gasteiger partial charge in [-0.25, -0.2) is 0 Å². The van der Waals surface area contributed by atoms with Crippen molar-refractivity contribution in [1.29, 1.82) is 0 Å². The standard InChI is InChI=1S/C19H20N2/c1-20-17(13-15-7-3-2-4-8-15)14-16-11-12-21-19-10-6-5-9-18(16)19/h2-12,17,20H,13-14H2,1H3. The maximum absolute atomic E-state index is 4.44. The van der Waals surface area contributed by atoms with Crippen LogP contribution in [0.2, 0.25) is 0 Å². The minimum atomic E-state index is 0.429. The van der Waals surface area contributed by atoms with Crippen molar-refractivity contribution in [3.63, 3.8) is 0 Å². The van der Waals surface area contributed by atoms with Gasteiger partial charge in [-0.15, -0.1) is 0 Å². The lowest BCUT2D eigenvalue weighted by Crippen LogP contribution is -2.30. The lowest BCUT2D eigenvalue weighted by molar-refractivity contribution is 0.558. The SMILES string of the molecule is CNC(Cc1ccccc1)Cc1ccnc2ccccc12. The van der Waals surface area contributed by atoms with Crippen molar-refractivity contribution in [3.05, 3.63) is 78.0 Å². The molecule has 0 amide bonds. The van der Waals surface area contributed by atoms with E-state index >= 15 is 0 Å². The molecular weight excluding hydrogens is 256 g/mol. The van der Waals surface area contributed by atoms with E-state index < -0.39 is 0 Å². The Labute approximate surface area is 125 Å². The molecule has 1 unspecified atom stereocenters. The summed E-state index contributed by atoms with van der Waals surface area (Å²) in [5, 5.41) is 4.70. The van der Waals surface area contributed by atoms with Crippen LogP contribution in [-0.4, -0.2) is 18.1 Å². The average molecular weight is 276 g/mol. The van der Waals surface area contributed by atoms with Gasteiger partial charge in [-0.05, 0) is 43.1 Å². The molecule has 2 heteroatoms. The van der Waals surface area contributed by atoms with Crippen LogP contribution in [0.5, 0.6) is 0 Å². The van der Waals surface area contributed by atoms with E-state index in [4.69, 9.17) is 0 Å². The number of nitrogens with one attached hydrogen (secondary N) is 1. The van der Waals surface area contributed by atoms with E-state index in [1.807, 2.05) is 19.3 Å². The van der Waals surface area contributed by atoms with Gasteiger partial charge in [-0.2, -0.15) is 0 Å². The molecule has 0 aliphatic carbocycles. The molecule has 2 nitrogen and oxygen atoms in total. The van der Waals surface area contributed by atoms with Crippen molar-refractivity contribution >= 4 is 10.9 Å². The third-order valence-corrected chi connectivity index (χ3v) is 3.94. The van der Waals surface area contributed by atoms with Crippen molar-refractivity contribution in [1.82, 2.24) is 10.3 Å². The van der Waals surface area contributed by atoms with Gasteiger partial charge in [0.2, 0.25) is 0 Å². The van der Waals surface area contributed by atoms with Gasteiger partial charge in [0.25, 0.3) is 0 Å². The minimum Gasteiger partial charge on any atom is -0.316 e. The van der Waals surface area contributed by atoms with E-state index in [1.54, 1.807) is 0 Å². The molecule has 0 aliphatic rings. The molecule has 1 atom stereocenters. The Kier molecular flexibility index (Phi) is 4.27. The highest BCUT2D eigenvalue weighted by molar-refractivity contribution is 5.81. The molecule has 1 aromatic heterocycles. The smallest absolute Gasteiger partial charge is 0.0704 e. The van der Waals surface area contributed by atoms with Crippen molar-refractivity contribution in [2.75, 3.05) is 7.05 Å². The molecule has 0 saturated heterocycles. The van der Waals surface area contributed by atoms with Crippen molar-refractivity contribution < 1.29 is 0 Å². The highest BCUT2D eigenvalue weighted by atomic mass is 14.9. The predicted octanol–water partition coefficient (Wildman–Crippen LogP) is 3.61. The zero-order valence-electron chi connectivity index (χ0n) is 12.3. The summed E-state index contributed by atoms with van der Waals surface area (Å²) in [6, 6.07) is 21.6. The molecule has 3 aromatic rings. The van der Waals surface area contributed by atoms with Crippen LogP contribution in [0, 0.1) is 0 Å². The summed E-state index contributed by atoms with van der Waals surface area (Å²) in [6.07, 6.45) is 3.95. The molecule has 21 heavy (non-hydrogen) atoms. The fraction of sp³-hybridized carbons (Fsp3) is 0.211. The molecule has 1 N–H and O–H groups in total. The summed E-state index contributed by atoms with van der Waals surface area (Å²) in [7, 11) is 2.04. The fourth-order valence-electron chi connectivity index (χ4n) is 2.77. The van der Waals surface area contributed by atoms with Gasteiger partial charge >= 0.3 is 0 Å². The zero-order valence-corrected chi connectivity index (χ0v) is 12.3. The third kappa shape index (κ3) is 3.29. The topological polar surface area (TPSA) is 24.9 Å². The van der Waals surface area contributed by atoms with E-state index in [2.05, 4.69) is 64.9 Å². The number of hydrogen-bond acceptors (Lipinski definition) is 2. The summed E-state index contributed by atoms with van der Waals surface area (Å²) < 4.78 is 0. The first-order valence-corrected chi connectivity index (χ1v) is 7.40. The number of likely N-dealkylation sites (N-methyl/N-ethyl adjacent to an activating group) is 1. The monoisotopic (exact) mass is 276 g/mol. The van der Waals surface area contributed by atoms with Crippen molar-refractivity contribution in [3.8, 4) is 0 Å². The number of para-hydroxylation sites is 1. The summed E-state index contributed by atoms with van der Waals surface area (Å²) in [4.78, 5) is 4.44. The molecule has 0 fully saturated rings. The Morgan fingerprint density at radius 1 is 0.905 bits per heavy atom. The van der Waals surface area contributed by atoms with Crippen LogP contribution < -0.4 is 5.32 Å². The maximum atomic E-state index is 4.44. The fourth-order valence-corrected chi connectivity index (χ4v) is 2.77. The van der Waals surface area contributed by atoms with Crippen LogP contribution in [0.4, 0.5) is 0 Å². The van der Waals surface area contributed by atoms with Gasteiger partial charge in [-0.3, -0.25) is 4.98 Å². The third-order valence-electron chi connectivity index (χ3n) is 3.94. The normalized spacial score (nSPS) is 12.4. The summed E-state index contributed by atoms with van der Waals surface area (Å²) in [6.45, 7) is 0. The Morgan fingerprint density at radius 2 is 1.67 bits per heavy atom. The summed E-state index contributed by atoms with van der Waals surface area (Å²) in [5.74, 6) is 0. The predicted molar refractivity (Wildman–Crippen MR) is 88.4 cm³/mol. The van der Waals surface area contributed by atoms with Gasteiger partial charge in [0, 0.05) is 17.6 Å².